The lowest BCUT2D eigenvalue weighted by atomic mass is 9.90. The quantitative estimate of drug-likeness (QED) is 0.733. The van der Waals surface area contributed by atoms with Crippen LogP contribution in [0.5, 0.6) is 0 Å². The third-order valence-electron chi connectivity index (χ3n) is 3.15. The van der Waals surface area contributed by atoms with E-state index in [1.165, 1.54) is 0 Å². The molecule has 0 aliphatic carbocycles. The molecule has 0 fully saturated rings. The van der Waals surface area contributed by atoms with E-state index in [4.69, 9.17) is 9.52 Å². The second-order valence-corrected chi connectivity index (χ2v) is 5.50. The Morgan fingerprint density at radius 3 is 2.67 bits per heavy atom. The highest BCUT2D eigenvalue weighted by Crippen LogP contribution is 2.24. The number of hydrogen-bond donors (Lipinski definition) is 2. The third-order valence-corrected chi connectivity index (χ3v) is 3.15. The number of aliphatic carboxylic acids is 1. The molecule has 18 heavy (non-hydrogen) atoms. The van der Waals surface area contributed by atoms with Crippen LogP contribution in [0, 0.1) is 12.8 Å². The molecule has 1 aromatic heterocycles. The highest BCUT2D eigenvalue weighted by Gasteiger charge is 2.23. The topological polar surface area (TPSA) is 62.5 Å². The molecule has 2 N–H and O–H groups in total. The van der Waals surface area contributed by atoms with Crippen LogP contribution in [0.25, 0.3) is 0 Å². The first-order valence-electron chi connectivity index (χ1n) is 6.33. The van der Waals surface area contributed by atoms with Crippen LogP contribution in [0.15, 0.2) is 16.5 Å². The molecule has 0 radical (unpaired) electrons. The zero-order chi connectivity index (χ0) is 13.8. The van der Waals surface area contributed by atoms with Crippen LogP contribution in [-0.4, -0.2) is 24.2 Å². The Morgan fingerprint density at radius 1 is 1.50 bits per heavy atom. The lowest BCUT2D eigenvalue weighted by Gasteiger charge is -2.23. The largest absolute Gasteiger partial charge is 0.481 e. The van der Waals surface area contributed by atoms with Gasteiger partial charge in [-0.1, -0.05) is 20.8 Å². The van der Waals surface area contributed by atoms with Crippen molar-refractivity contribution in [1.29, 1.82) is 0 Å². The number of carbonyl (C=O) groups is 1. The predicted octanol–water partition coefficient (Wildman–Crippen LogP) is 2.57. The van der Waals surface area contributed by atoms with Crippen LogP contribution in [0.2, 0.25) is 0 Å². The van der Waals surface area contributed by atoms with E-state index in [1.54, 1.807) is 6.92 Å². The standard InChI is InChI=1S/C14H23NO3/c1-10(13(16)17)7-8-15-9-14(3,4)12-6-5-11(2)18-12/h5-6,10,15H,7-9H2,1-4H3,(H,16,17). The van der Waals surface area contributed by atoms with Crippen LogP contribution in [-0.2, 0) is 10.2 Å². The number of hydrogen-bond acceptors (Lipinski definition) is 3. The van der Waals surface area contributed by atoms with Crippen molar-refractivity contribution < 1.29 is 14.3 Å². The van der Waals surface area contributed by atoms with E-state index in [9.17, 15) is 4.79 Å². The van der Waals surface area contributed by atoms with Gasteiger partial charge in [0.25, 0.3) is 0 Å². The number of aryl methyl sites for hydroxylation is 1. The average Bonchev–Trinajstić information content (AvgIpc) is 2.71. The SMILES string of the molecule is Cc1ccc(C(C)(C)CNCCC(C)C(=O)O)o1. The summed E-state index contributed by atoms with van der Waals surface area (Å²) in [5, 5.41) is 12.1. The number of nitrogens with one attached hydrogen (secondary N) is 1. The van der Waals surface area contributed by atoms with Crippen molar-refractivity contribution in [1.82, 2.24) is 5.32 Å². The summed E-state index contributed by atoms with van der Waals surface area (Å²) in [5.41, 5.74) is -0.0826. The fourth-order valence-corrected chi connectivity index (χ4v) is 1.73. The second-order valence-electron chi connectivity index (χ2n) is 5.50. The summed E-state index contributed by atoms with van der Waals surface area (Å²) in [6.07, 6.45) is 0.641. The summed E-state index contributed by atoms with van der Waals surface area (Å²) >= 11 is 0. The van der Waals surface area contributed by atoms with E-state index in [-0.39, 0.29) is 11.3 Å². The molecule has 1 unspecified atom stereocenters. The summed E-state index contributed by atoms with van der Waals surface area (Å²) in [6, 6.07) is 3.96. The van der Waals surface area contributed by atoms with E-state index < -0.39 is 5.97 Å². The van der Waals surface area contributed by atoms with Gasteiger partial charge in [0.05, 0.1) is 5.92 Å². The van der Waals surface area contributed by atoms with Gasteiger partial charge < -0.3 is 14.8 Å². The molecule has 102 valence electrons. The Morgan fingerprint density at radius 2 is 2.17 bits per heavy atom. The van der Waals surface area contributed by atoms with Crippen LogP contribution in [0.1, 0.15) is 38.7 Å². The summed E-state index contributed by atoms with van der Waals surface area (Å²) < 4.78 is 5.63. The van der Waals surface area contributed by atoms with Gasteiger partial charge >= 0.3 is 5.97 Å². The minimum atomic E-state index is -0.738. The van der Waals surface area contributed by atoms with Crippen molar-refractivity contribution in [3.8, 4) is 0 Å². The summed E-state index contributed by atoms with van der Waals surface area (Å²) in [5.74, 6) is 0.834. The van der Waals surface area contributed by atoms with Gasteiger partial charge in [-0.25, -0.2) is 0 Å². The lowest BCUT2D eigenvalue weighted by molar-refractivity contribution is -0.141. The van der Waals surface area contributed by atoms with Crippen molar-refractivity contribution in [3.63, 3.8) is 0 Å². The van der Waals surface area contributed by atoms with Gasteiger partial charge in [-0.2, -0.15) is 0 Å². The van der Waals surface area contributed by atoms with Crippen molar-refractivity contribution in [2.24, 2.45) is 5.92 Å². The molecule has 1 rings (SSSR count). The number of furan rings is 1. The molecule has 0 aliphatic heterocycles. The van der Waals surface area contributed by atoms with Gasteiger partial charge in [-0.05, 0) is 32.0 Å². The minimum Gasteiger partial charge on any atom is -0.481 e. The predicted molar refractivity (Wildman–Crippen MR) is 70.8 cm³/mol. The maximum absolute atomic E-state index is 10.7. The van der Waals surface area contributed by atoms with Crippen LogP contribution in [0.4, 0.5) is 0 Å². The summed E-state index contributed by atoms with van der Waals surface area (Å²) in [4.78, 5) is 10.7. The Bertz CT molecular complexity index is 395. The fraction of sp³-hybridized carbons (Fsp3) is 0.643. The van der Waals surface area contributed by atoms with Crippen LogP contribution in [0.3, 0.4) is 0 Å². The third kappa shape index (κ3) is 4.18. The molecule has 0 spiro atoms. The monoisotopic (exact) mass is 253 g/mol. The first-order valence-corrected chi connectivity index (χ1v) is 6.33. The molecule has 4 nitrogen and oxygen atoms in total. The molecule has 0 bridgehead atoms. The first kappa shape index (κ1) is 14.8. The smallest absolute Gasteiger partial charge is 0.306 e. The minimum absolute atomic E-state index is 0.0826. The van der Waals surface area contributed by atoms with Crippen LogP contribution >= 0.6 is 0 Å². The molecule has 0 amide bonds. The number of carboxylic acids is 1. The lowest BCUT2D eigenvalue weighted by Crippen LogP contribution is -2.34. The van der Waals surface area contributed by atoms with Gasteiger partial charge in [0.1, 0.15) is 11.5 Å². The Kier molecular flexibility index (Phi) is 4.96. The highest BCUT2D eigenvalue weighted by atomic mass is 16.4. The van der Waals surface area contributed by atoms with Crippen molar-refractivity contribution in [2.75, 3.05) is 13.1 Å². The zero-order valence-electron chi connectivity index (χ0n) is 11.6. The molecule has 0 saturated heterocycles. The number of rotatable bonds is 7. The zero-order valence-corrected chi connectivity index (χ0v) is 11.6. The summed E-state index contributed by atoms with van der Waals surface area (Å²) in [6.45, 7) is 9.35. The van der Waals surface area contributed by atoms with E-state index in [1.807, 2.05) is 19.1 Å². The summed E-state index contributed by atoms with van der Waals surface area (Å²) in [7, 11) is 0. The Hall–Kier alpha value is -1.29. The first-order chi connectivity index (χ1) is 8.33. The van der Waals surface area contributed by atoms with Crippen molar-refractivity contribution in [3.05, 3.63) is 23.7 Å². The van der Waals surface area contributed by atoms with Gasteiger partial charge in [0.15, 0.2) is 0 Å². The maximum Gasteiger partial charge on any atom is 0.306 e. The molecule has 1 heterocycles. The normalized spacial score (nSPS) is 13.6. The number of carboxylic acid groups (broad SMARTS) is 1. The average molecular weight is 253 g/mol. The molecular weight excluding hydrogens is 230 g/mol. The molecule has 0 saturated carbocycles. The Balaban J connectivity index is 2.36. The molecule has 0 aliphatic rings. The molecular formula is C14H23NO3. The van der Waals surface area contributed by atoms with Gasteiger partial charge in [0, 0.05) is 12.0 Å². The van der Waals surface area contributed by atoms with Crippen LogP contribution < -0.4 is 5.32 Å². The Labute approximate surface area is 108 Å². The molecule has 1 atom stereocenters. The molecule has 0 aromatic carbocycles. The van der Waals surface area contributed by atoms with E-state index in [2.05, 4.69) is 19.2 Å². The molecule has 1 aromatic rings. The van der Waals surface area contributed by atoms with Crippen molar-refractivity contribution >= 4 is 5.97 Å². The maximum atomic E-state index is 10.7. The highest BCUT2D eigenvalue weighted by molar-refractivity contribution is 5.69. The van der Waals surface area contributed by atoms with Crippen molar-refractivity contribution in [2.45, 2.75) is 39.5 Å². The van der Waals surface area contributed by atoms with Gasteiger partial charge in [0.2, 0.25) is 0 Å². The van der Waals surface area contributed by atoms with E-state index in [0.29, 0.717) is 13.0 Å². The van der Waals surface area contributed by atoms with Gasteiger partial charge in [-0.3, -0.25) is 4.79 Å². The van der Waals surface area contributed by atoms with E-state index in [0.717, 1.165) is 18.1 Å². The molecule has 4 heteroatoms. The fourth-order valence-electron chi connectivity index (χ4n) is 1.73. The van der Waals surface area contributed by atoms with E-state index >= 15 is 0 Å². The second kappa shape index (κ2) is 6.05. The van der Waals surface area contributed by atoms with Gasteiger partial charge in [-0.15, -0.1) is 0 Å².